The number of aliphatic hydroxyl groups excluding tert-OH is 1. The van der Waals surface area contributed by atoms with Crippen molar-refractivity contribution in [1.82, 2.24) is 4.90 Å². The summed E-state index contributed by atoms with van der Waals surface area (Å²) in [5.41, 5.74) is 0.0334. The lowest BCUT2D eigenvalue weighted by atomic mass is 9.73. The second-order valence-corrected chi connectivity index (χ2v) is 6.73. The van der Waals surface area contributed by atoms with Crippen LogP contribution in [0.3, 0.4) is 0 Å². The number of likely N-dealkylation sites (tertiary alicyclic amines) is 1. The van der Waals surface area contributed by atoms with E-state index in [0.717, 1.165) is 50.4 Å². The Bertz CT molecular complexity index is 505. The minimum absolute atomic E-state index is 0.0334. The average Bonchev–Trinajstić information content (AvgIpc) is 2.54. The zero-order valence-electron chi connectivity index (χ0n) is 13.6. The fourth-order valence-electron chi connectivity index (χ4n) is 3.78. The maximum absolute atomic E-state index is 10.2. The van der Waals surface area contributed by atoms with Gasteiger partial charge in [0.15, 0.2) is 11.5 Å². The van der Waals surface area contributed by atoms with Gasteiger partial charge in [0.1, 0.15) is 12.7 Å². The molecular weight excluding hydrogens is 278 g/mol. The number of para-hydroxylation sites is 2. The van der Waals surface area contributed by atoms with E-state index in [1.165, 1.54) is 0 Å². The molecule has 4 heteroatoms. The van der Waals surface area contributed by atoms with Gasteiger partial charge < -0.3 is 14.6 Å². The molecule has 0 radical (unpaired) electrons. The van der Waals surface area contributed by atoms with Crippen molar-refractivity contribution in [2.45, 2.75) is 45.3 Å². The molecule has 0 bridgehead atoms. The summed E-state index contributed by atoms with van der Waals surface area (Å²) in [7, 11) is 0. The number of benzene rings is 1. The minimum atomic E-state index is -0.260. The second-order valence-electron chi connectivity index (χ2n) is 6.73. The third-order valence-electron chi connectivity index (χ3n) is 5.31. The van der Waals surface area contributed by atoms with Crippen LogP contribution in [0.2, 0.25) is 0 Å². The fraction of sp³-hybridized carbons (Fsp3) is 0.667. The Hall–Kier alpha value is -1.26. The number of aliphatic hydroxyl groups is 1. The maximum Gasteiger partial charge on any atom is 0.161 e. The highest BCUT2D eigenvalue weighted by molar-refractivity contribution is 5.40. The summed E-state index contributed by atoms with van der Waals surface area (Å²) in [4.78, 5) is 2.43. The van der Waals surface area contributed by atoms with Gasteiger partial charge in [0.05, 0.1) is 6.10 Å². The van der Waals surface area contributed by atoms with Crippen molar-refractivity contribution in [2.75, 3.05) is 26.2 Å². The molecule has 1 fully saturated rings. The summed E-state index contributed by atoms with van der Waals surface area (Å²) in [5, 5.41) is 10.2. The van der Waals surface area contributed by atoms with Crippen LogP contribution < -0.4 is 9.47 Å². The molecule has 3 atom stereocenters. The van der Waals surface area contributed by atoms with E-state index in [2.05, 4.69) is 11.8 Å². The standard InChI is InChI=1S/C18H27NO3/c1-3-18(14(2)20)9-6-10-19(13-18)11-15-12-21-16-7-4-5-8-17(16)22-15/h4-5,7-8,14-15,20H,3,6,9-13H2,1-2H3. The third kappa shape index (κ3) is 3.08. The minimum Gasteiger partial charge on any atom is -0.486 e. The number of piperidine rings is 1. The number of fused-ring (bicyclic) bond motifs is 1. The lowest BCUT2D eigenvalue weighted by Crippen LogP contribution is -2.52. The van der Waals surface area contributed by atoms with Gasteiger partial charge in [-0.1, -0.05) is 19.1 Å². The summed E-state index contributed by atoms with van der Waals surface area (Å²) in [6, 6.07) is 7.85. The van der Waals surface area contributed by atoms with E-state index in [1.54, 1.807) is 0 Å². The topological polar surface area (TPSA) is 41.9 Å². The van der Waals surface area contributed by atoms with Crippen molar-refractivity contribution in [1.29, 1.82) is 0 Å². The molecule has 0 aromatic heterocycles. The predicted molar refractivity (Wildman–Crippen MR) is 86.4 cm³/mol. The Balaban J connectivity index is 1.62. The van der Waals surface area contributed by atoms with E-state index in [1.807, 2.05) is 31.2 Å². The van der Waals surface area contributed by atoms with E-state index in [4.69, 9.17) is 9.47 Å². The molecule has 1 saturated heterocycles. The Morgan fingerprint density at radius 1 is 1.36 bits per heavy atom. The van der Waals surface area contributed by atoms with Crippen LogP contribution in [0.4, 0.5) is 0 Å². The van der Waals surface area contributed by atoms with Crippen LogP contribution in [0, 0.1) is 5.41 Å². The number of nitrogens with zero attached hydrogens (tertiary/aromatic N) is 1. The molecule has 22 heavy (non-hydrogen) atoms. The maximum atomic E-state index is 10.2. The second kappa shape index (κ2) is 6.47. The van der Waals surface area contributed by atoms with Crippen molar-refractivity contribution in [3.05, 3.63) is 24.3 Å². The van der Waals surface area contributed by atoms with Crippen LogP contribution in [-0.2, 0) is 0 Å². The molecule has 2 aliphatic heterocycles. The third-order valence-corrected chi connectivity index (χ3v) is 5.31. The van der Waals surface area contributed by atoms with Crippen LogP contribution >= 0.6 is 0 Å². The van der Waals surface area contributed by atoms with Gasteiger partial charge in [0.25, 0.3) is 0 Å². The van der Waals surface area contributed by atoms with Crippen LogP contribution in [0.15, 0.2) is 24.3 Å². The summed E-state index contributed by atoms with van der Waals surface area (Å²) in [6.45, 7) is 7.61. The Kier molecular flexibility index (Phi) is 4.59. The monoisotopic (exact) mass is 305 g/mol. The van der Waals surface area contributed by atoms with Crippen LogP contribution in [-0.4, -0.2) is 48.5 Å². The summed E-state index contributed by atoms with van der Waals surface area (Å²) >= 11 is 0. The first-order chi connectivity index (χ1) is 10.6. The fourth-order valence-corrected chi connectivity index (χ4v) is 3.78. The molecule has 2 aliphatic rings. The van der Waals surface area contributed by atoms with Crippen LogP contribution in [0.5, 0.6) is 11.5 Å². The van der Waals surface area contributed by atoms with Crippen molar-refractivity contribution in [2.24, 2.45) is 5.41 Å². The molecule has 4 nitrogen and oxygen atoms in total. The number of hydrogen-bond acceptors (Lipinski definition) is 4. The van der Waals surface area contributed by atoms with Gasteiger partial charge in [0.2, 0.25) is 0 Å². The van der Waals surface area contributed by atoms with Crippen molar-refractivity contribution in [3.8, 4) is 11.5 Å². The van der Waals surface area contributed by atoms with Crippen molar-refractivity contribution >= 4 is 0 Å². The normalized spacial score (nSPS) is 30.0. The first kappa shape index (κ1) is 15.6. The molecule has 3 unspecified atom stereocenters. The van der Waals surface area contributed by atoms with E-state index in [9.17, 15) is 5.11 Å². The molecule has 1 N–H and O–H groups in total. The predicted octanol–water partition coefficient (Wildman–Crippen LogP) is 2.70. The van der Waals surface area contributed by atoms with Gasteiger partial charge >= 0.3 is 0 Å². The molecule has 0 spiro atoms. The molecule has 0 amide bonds. The zero-order valence-corrected chi connectivity index (χ0v) is 13.6. The van der Waals surface area contributed by atoms with Crippen LogP contribution in [0.25, 0.3) is 0 Å². The molecule has 1 aromatic rings. The highest BCUT2D eigenvalue weighted by atomic mass is 16.6. The largest absolute Gasteiger partial charge is 0.486 e. The summed E-state index contributed by atoms with van der Waals surface area (Å²) in [5.74, 6) is 1.68. The van der Waals surface area contributed by atoms with Gasteiger partial charge in [-0.2, -0.15) is 0 Å². The Morgan fingerprint density at radius 3 is 2.86 bits per heavy atom. The lowest BCUT2D eigenvalue weighted by molar-refractivity contribution is -0.0390. The summed E-state index contributed by atoms with van der Waals surface area (Å²) < 4.78 is 11.9. The van der Waals surface area contributed by atoms with Crippen LogP contribution in [0.1, 0.15) is 33.1 Å². The molecular formula is C18H27NO3. The van der Waals surface area contributed by atoms with Gasteiger partial charge in [0, 0.05) is 18.5 Å². The average molecular weight is 305 g/mol. The van der Waals surface area contributed by atoms with Gasteiger partial charge in [-0.25, -0.2) is 0 Å². The first-order valence-corrected chi connectivity index (χ1v) is 8.42. The van der Waals surface area contributed by atoms with E-state index in [-0.39, 0.29) is 17.6 Å². The van der Waals surface area contributed by atoms with Crippen molar-refractivity contribution < 1.29 is 14.6 Å². The molecule has 0 saturated carbocycles. The Labute approximate surface area is 133 Å². The van der Waals surface area contributed by atoms with Gasteiger partial charge in [-0.15, -0.1) is 0 Å². The molecule has 0 aliphatic carbocycles. The SMILES string of the molecule is CCC1(C(C)O)CCCN(CC2COc3ccccc3O2)C1. The zero-order chi connectivity index (χ0) is 15.6. The van der Waals surface area contributed by atoms with E-state index < -0.39 is 0 Å². The molecule has 1 aromatic carbocycles. The first-order valence-electron chi connectivity index (χ1n) is 8.42. The number of rotatable bonds is 4. The number of ether oxygens (including phenoxy) is 2. The quantitative estimate of drug-likeness (QED) is 0.929. The molecule has 122 valence electrons. The smallest absolute Gasteiger partial charge is 0.161 e. The van der Waals surface area contributed by atoms with E-state index in [0.29, 0.717) is 6.61 Å². The molecule has 3 rings (SSSR count). The van der Waals surface area contributed by atoms with Gasteiger partial charge in [-0.3, -0.25) is 4.90 Å². The number of hydrogen-bond donors (Lipinski definition) is 1. The highest BCUT2D eigenvalue weighted by Gasteiger charge is 2.38. The summed E-state index contributed by atoms with van der Waals surface area (Å²) in [6.07, 6.45) is 3.08. The van der Waals surface area contributed by atoms with Crippen molar-refractivity contribution in [3.63, 3.8) is 0 Å². The highest BCUT2D eigenvalue weighted by Crippen LogP contribution is 2.37. The lowest BCUT2D eigenvalue weighted by Gasteiger charge is -2.45. The van der Waals surface area contributed by atoms with E-state index >= 15 is 0 Å². The molecule has 2 heterocycles. The van der Waals surface area contributed by atoms with Gasteiger partial charge in [-0.05, 0) is 44.9 Å². The Morgan fingerprint density at radius 2 is 2.14 bits per heavy atom.